The predicted octanol–water partition coefficient (Wildman–Crippen LogP) is -1.04. The van der Waals surface area contributed by atoms with Crippen LogP contribution < -0.4 is 15.9 Å². The molecule has 0 atom stereocenters. The van der Waals surface area contributed by atoms with Crippen molar-refractivity contribution in [2.45, 2.75) is 0 Å². The maximum absolute atomic E-state index is 8.85. The molecule has 4 N–H and O–H groups in total. The molecule has 0 aliphatic rings. The number of hydrogen-bond acceptors (Lipinski definition) is 4. The van der Waals surface area contributed by atoms with E-state index in [1.165, 1.54) is 18.2 Å². The molecule has 0 aliphatic heterocycles. The van der Waals surface area contributed by atoms with Gasteiger partial charge in [-0.1, -0.05) is 6.07 Å². The van der Waals surface area contributed by atoms with Gasteiger partial charge in [0.25, 0.3) is 0 Å². The summed E-state index contributed by atoms with van der Waals surface area (Å²) in [6.07, 6.45) is 0. The third-order valence-electron chi connectivity index (χ3n) is 1.45. The second-order valence-corrected chi connectivity index (χ2v) is 2.27. The molecule has 0 amide bonds. The third-order valence-corrected chi connectivity index (χ3v) is 1.45. The minimum absolute atomic E-state index is 0.0527. The van der Waals surface area contributed by atoms with Crippen molar-refractivity contribution in [3.63, 3.8) is 0 Å². The Morgan fingerprint density at radius 3 is 2.83 bits per heavy atom. The highest BCUT2D eigenvalue weighted by Crippen LogP contribution is 2.12. The summed E-state index contributed by atoms with van der Waals surface area (Å²) in [5.74, 6) is 0.0527. The smallest absolute Gasteiger partial charge is 0.490 e. The van der Waals surface area contributed by atoms with Crippen LogP contribution in [0.1, 0.15) is 4.11 Å². The molecule has 0 unspecified atom stereocenters. The van der Waals surface area contributed by atoms with E-state index in [0.29, 0.717) is 0 Å². The van der Waals surface area contributed by atoms with Crippen molar-refractivity contribution < 1.29 is 18.9 Å². The topological polar surface area (TPSA) is 75.7 Å². The van der Waals surface area contributed by atoms with Crippen molar-refractivity contribution >= 4 is 18.3 Å². The zero-order chi connectivity index (χ0) is 11.6. The first-order valence-corrected chi connectivity index (χ1v) is 3.24. The molecule has 0 radical (unpaired) electrons. The van der Waals surface area contributed by atoms with E-state index in [0.717, 1.165) is 0 Å². The zero-order valence-corrected chi connectivity index (χ0v) is 6.19. The van der Waals surface area contributed by atoms with Gasteiger partial charge in [0.15, 0.2) is 0 Å². The highest BCUT2D eigenvalue weighted by Gasteiger charge is 2.14. The fourth-order valence-electron chi connectivity index (χ4n) is 0.851. The van der Waals surface area contributed by atoms with Gasteiger partial charge in [-0.05, 0) is 6.07 Å². The van der Waals surface area contributed by atoms with E-state index >= 15 is 0 Å². The monoisotopic (exact) mass is 170 g/mol. The van der Waals surface area contributed by atoms with Crippen molar-refractivity contribution in [1.82, 2.24) is 0 Å². The molecular formula is C7H10BNO3. The fraction of sp³-hybridized carbons (Fsp3) is 0.143. The van der Waals surface area contributed by atoms with E-state index in [-0.39, 0.29) is 16.9 Å². The Bertz CT molecular complexity index is 356. The maximum atomic E-state index is 8.85. The van der Waals surface area contributed by atoms with Gasteiger partial charge >= 0.3 is 7.12 Å². The number of nitrogens with two attached hydrogens (primary N) is 1. The maximum Gasteiger partial charge on any atom is 0.490 e. The Hall–Kier alpha value is -1.20. The lowest BCUT2D eigenvalue weighted by atomic mass is 9.79. The molecule has 0 fully saturated rings. The summed E-state index contributed by atoms with van der Waals surface area (Å²) in [6.45, 7) is 0. The minimum atomic E-state index is -2.55. The van der Waals surface area contributed by atoms with Gasteiger partial charge in [0, 0.05) is 17.2 Å². The molecule has 1 aromatic carbocycles. The number of methoxy groups -OCH3 is 1. The molecular weight excluding hydrogens is 157 g/mol. The first-order valence-electron chi connectivity index (χ1n) is 4.74. The Kier molecular flexibility index (Phi) is 1.58. The van der Waals surface area contributed by atoms with Gasteiger partial charge < -0.3 is 20.5 Å². The Balaban J connectivity index is 2.92. The standard InChI is InChI=1S/C7H10BNO3/c1-12-5-2-3-6(8(10)11)7(9)4-5/h2-4,10-11H,9H2,1H3/i1D3. The average Bonchev–Trinajstić information content (AvgIpc) is 1.99. The second-order valence-electron chi connectivity index (χ2n) is 2.27. The van der Waals surface area contributed by atoms with Crippen molar-refractivity contribution in [3.8, 4) is 5.75 Å². The third kappa shape index (κ3) is 1.69. The first kappa shape index (κ1) is 5.45. The van der Waals surface area contributed by atoms with E-state index in [2.05, 4.69) is 4.74 Å². The normalized spacial score (nSPS) is 14.3. The number of hydrogen-bond donors (Lipinski definition) is 3. The molecule has 5 heteroatoms. The second kappa shape index (κ2) is 3.47. The highest BCUT2D eigenvalue weighted by molar-refractivity contribution is 6.60. The summed E-state index contributed by atoms with van der Waals surface area (Å²) in [4.78, 5) is 0. The van der Waals surface area contributed by atoms with Crippen LogP contribution in [-0.4, -0.2) is 24.2 Å². The van der Waals surface area contributed by atoms with Gasteiger partial charge in [0.1, 0.15) is 5.75 Å². The number of rotatable bonds is 2. The predicted molar refractivity (Wildman–Crippen MR) is 47.2 cm³/mol. The largest absolute Gasteiger partial charge is 0.497 e. The molecule has 0 bridgehead atoms. The molecule has 4 nitrogen and oxygen atoms in total. The van der Waals surface area contributed by atoms with E-state index in [1.54, 1.807) is 0 Å². The first-order chi connectivity index (χ1) is 6.79. The zero-order valence-electron chi connectivity index (χ0n) is 9.19. The van der Waals surface area contributed by atoms with E-state index in [4.69, 9.17) is 19.9 Å². The molecule has 12 heavy (non-hydrogen) atoms. The van der Waals surface area contributed by atoms with E-state index in [9.17, 15) is 0 Å². The van der Waals surface area contributed by atoms with Gasteiger partial charge in [-0.15, -0.1) is 0 Å². The molecule has 1 rings (SSSR count). The van der Waals surface area contributed by atoms with E-state index < -0.39 is 14.2 Å². The summed E-state index contributed by atoms with van der Waals surface area (Å²) in [5, 5.41) is 17.7. The molecule has 64 valence electrons. The number of anilines is 1. The van der Waals surface area contributed by atoms with E-state index in [1.807, 2.05) is 0 Å². The Labute approximate surface area is 74.9 Å². The van der Waals surface area contributed by atoms with Gasteiger partial charge in [-0.2, -0.15) is 0 Å². The summed E-state index contributed by atoms with van der Waals surface area (Å²) >= 11 is 0. The minimum Gasteiger partial charge on any atom is -0.497 e. The van der Waals surface area contributed by atoms with Gasteiger partial charge in [-0.3, -0.25) is 0 Å². The highest BCUT2D eigenvalue weighted by atomic mass is 16.5. The van der Waals surface area contributed by atoms with Crippen LogP contribution in [0.3, 0.4) is 0 Å². The number of nitrogen functional groups attached to an aromatic ring is 1. The van der Waals surface area contributed by atoms with Crippen LogP contribution in [-0.2, 0) is 0 Å². The van der Waals surface area contributed by atoms with Crippen LogP contribution in [0.2, 0.25) is 0 Å². The SMILES string of the molecule is [2H]C([2H])([2H])Oc1ccc(B(O)O)c(N)c1. The summed E-state index contributed by atoms with van der Waals surface area (Å²) in [5.41, 5.74) is 5.62. The molecule has 0 spiro atoms. The van der Waals surface area contributed by atoms with Gasteiger partial charge in [-0.25, -0.2) is 0 Å². The van der Waals surface area contributed by atoms with Crippen LogP contribution in [0.5, 0.6) is 5.75 Å². The number of benzene rings is 1. The van der Waals surface area contributed by atoms with Crippen molar-refractivity contribution in [1.29, 1.82) is 0 Å². The lowest BCUT2D eigenvalue weighted by Crippen LogP contribution is -2.32. The molecule has 0 saturated heterocycles. The molecule has 0 heterocycles. The Morgan fingerprint density at radius 2 is 2.33 bits per heavy atom. The van der Waals surface area contributed by atoms with Crippen LogP contribution in [0.25, 0.3) is 0 Å². The van der Waals surface area contributed by atoms with Gasteiger partial charge in [0.2, 0.25) is 0 Å². The lowest BCUT2D eigenvalue weighted by Gasteiger charge is -2.05. The Morgan fingerprint density at radius 1 is 1.58 bits per heavy atom. The average molecular weight is 170 g/mol. The number of ether oxygens (including phenoxy) is 1. The summed E-state index contributed by atoms with van der Waals surface area (Å²) in [6, 6.07) is 3.82. The van der Waals surface area contributed by atoms with Crippen LogP contribution in [0.15, 0.2) is 18.2 Å². The molecule has 1 aromatic rings. The summed E-state index contributed by atoms with van der Waals surface area (Å²) < 4.78 is 25.1. The lowest BCUT2D eigenvalue weighted by molar-refractivity contribution is 0.414. The molecule has 0 aromatic heterocycles. The van der Waals surface area contributed by atoms with Crippen LogP contribution in [0, 0.1) is 0 Å². The van der Waals surface area contributed by atoms with Crippen molar-refractivity contribution in [3.05, 3.63) is 18.2 Å². The van der Waals surface area contributed by atoms with Crippen molar-refractivity contribution in [2.24, 2.45) is 0 Å². The molecule has 0 saturated carbocycles. The molecule has 0 aliphatic carbocycles. The fourth-order valence-corrected chi connectivity index (χ4v) is 0.851. The summed E-state index contributed by atoms with van der Waals surface area (Å²) in [7, 11) is -4.24. The van der Waals surface area contributed by atoms with Crippen LogP contribution in [0.4, 0.5) is 5.69 Å². The van der Waals surface area contributed by atoms with Crippen LogP contribution >= 0.6 is 0 Å². The quantitative estimate of drug-likeness (QED) is 0.391. The van der Waals surface area contributed by atoms with Gasteiger partial charge in [0.05, 0.1) is 11.2 Å². The van der Waals surface area contributed by atoms with Crippen molar-refractivity contribution in [2.75, 3.05) is 12.8 Å².